The smallest absolute Gasteiger partial charge is 0.254 e. The van der Waals surface area contributed by atoms with Crippen molar-refractivity contribution in [1.29, 1.82) is 0 Å². The number of halogens is 2. The van der Waals surface area contributed by atoms with E-state index >= 15 is 0 Å². The van der Waals surface area contributed by atoms with Crippen LogP contribution in [0.5, 0.6) is 0 Å². The Morgan fingerprint density at radius 1 is 1.10 bits per heavy atom. The van der Waals surface area contributed by atoms with E-state index in [4.69, 9.17) is 11.6 Å². The van der Waals surface area contributed by atoms with Crippen LogP contribution in [0.1, 0.15) is 37.9 Å². The fourth-order valence-corrected chi connectivity index (χ4v) is 5.59. The largest absolute Gasteiger partial charge is 0.323 e. The van der Waals surface area contributed by atoms with Gasteiger partial charge in [-0.3, -0.25) is 23.8 Å². The molecule has 0 fully saturated rings. The number of hydrogen-bond donors (Lipinski definition) is 1. The normalized spacial score (nSPS) is 17.3. The molecule has 5 aromatic rings. The van der Waals surface area contributed by atoms with E-state index < -0.39 is 0 Å². The molecule has 0 spiro atoms. The summed E-state index contributed by atoms with van der Waals surface area (Å²) >= 11 is 9.65. The first-order chi connectivity index (χ1) is 19.8. The zero-order valence-electron chi connectivity index (χ0n) is 22.2. The van der Waals surface area contributed by atoms with Crippen molar-refractivity contribution in [2.75, 3.05) is 5.32 Å². The number of pyridine rings is 1. The number of rotatable bonds is 3. The summed E-state index contributed by atoms with van der Waals surface area (Å²) in [7, 11) is 1.83. The van der Waals surface area contributed by atoms with Crippen molar-refractivity contribution in [2.45, 2.75) is 32.2 Å². The van der Waals surface area contributed by atoms with Crippen molar-refractivity contribution in [3.05, 3.63) is 87.0 Å². The summed E-state index contributed by atoms with van der Waals surface area (Å²) in [6.45, 7) is 1.91. The van der Waals surface area contributed by atoms with E-state index in [1.54, 1.807) is 57.0 Å². The number of nitrogens with zero attached hydrogens (tertiary/aromatic N) is 8. The Bertz CT molecular complexity index is 1830. The predicted octanol–water partition coefficient (Wildman–Crippen LogP) is 5.05. The summed E-state index contributed by atoms with van der Waals surface area (Å²) in [4.78, 5) is 35.9. The van der Waals surface area contributed by atoms with E-state index in [1.807, 2.05) is 26.1 Å². The topological polar surface area (TPSA) is 125 Å². The van der Waals surface area contributed by atoms with Crippen LogP contribution in [0.2, 0.25) is 5.02 Å². The Morgan fingerprint density at radius 2 is 1.95 bits per heavy atom. The highest BCUT2D eigenvalue weighted by Crippen LogP contribution is 2.33. The lowest BCUT2D eigenvalue weighted by molar-refractivity contribution is -0.119. The van der Waals surface area contributed by atoms with Crippen LogP contribution in [-0.4, -0.2) is 45.2 Å². The molecule has 1 aliphatic heterocycles. The monoisotopic (exact) mass is 633 g/mol. The van der Waals surface area contributed by atoms with Crippen LogP contribution in [0.15, 0.2) is 70.7 Å². The molecule has 1 N–H and O–H groups in total. The van der Waals surface area contributed by atoms with Gasteiger partial charge in [0.05, 0.1) is 53.2 Å². The van der Waals surface area contributed by atoms with Gasteiger partial charge in [-0.25, -0.2) is 9.67 Å². The molecule has 4 aromatic heterocycles. The molecule has 13 heteroatoms. The number of carbonyl (C=O) groups excluding carboxylic acids is 1. The molecule has 6 rings (SSSR count). The third kappa shape index (κ3) is 5.32. The molecule has 0 aliphatic carbocycles. The molecule has 0 saturated carbocycles. The maximum absolute atomic E-state index is 13.7. The number of carbonyl (C=O) groups is 1. The second kappa shape index (κ2) is 11.0. The van der Waals surface area contributed by atoms with Crippen LogP contribution in [-0.2, 0) is 11.8 Å². The minimum atomic E-state index is -0.388. The summed E-state index contributed by atoms with van der Waals surface area (Å²) in [5, 5.41) is 16.0. The lowest BCUT2D eigenvalue weighted by atomic mass is 9.97. The predicted molar refractivity (Wildman–Crippen MR) is 158 cm³/mol. The van der Waals surface area contributed by atoms with Crippen molar-refractivity contribution in [3.8, 4) is 28.2 Å². The van der Waals surface area contributed by atoms with Gasteiger partial charge >= 0.3 is 0 Å². The van der Waals surface area contributed by atoms with Crippen LogP contribution in [0.4, 0.5) is 5.69 Å². The zero-order valence-corrected chi connectivity index (χ0v) is 24.5. The first-order valence-electron chi connectivity index (χ1n) is 13.0. The van der Waals surface area contributed by atoms with Gasteiger partial charge in [-0.2, -0.15) is 5.10 Å². The van der Waals surface area contributed by atoms with Crippen LogP contribution >= 0.6 is 27.5 Å². The quantitative estimate of drug-likeness (QED) is 0.294. The lowest BCUT2D eigenvalue weighted by Gasteiger charge is -2.22. The first kappa shape index (κ1) is 27.0. The summed E-state index contributed by atoms with van der Waals surface area (Å²) in [5.74, 6) is -0.282. The molecule has 1 amide bonds. The molecule has 1 aliphatic rings. The Labute approximate surface area is 248 Å². The number of aromatic nitrogens is 8. The Morgan fingerprint density at radius 3 is 2.73 bits per heavy atom. The van der Waals surface area contributed by atoms with Gasteiger partial charge in [0.25, 0.3) is 5.56 Å². The van der Waals surface area contributed by atoms with Gasteiger partial charge in [0, 0.05) is 41.4 Å². The molecule has 0 radical (unpaired) electrons. The van der Waals surface area contributed by atoms with Crippen molar-refractivity contribution < 1.29 is 4.79 Å². The first-order valence-corrected chi connectivity index (χ1v) is 14.2. The fraction of sp³-hybridized carbons (Fsp3) is 0.250. The second-order valence-corrected chi connectivity index (χ2v) is 11.3. The second-order valence-electron chi connectivity index (χ2n) is 10.0. The number of fused-ring (bicyclic) bond motifs is 4. The van der Waals surface area contributed by atoms with Gasteiger partial charge in [-0.15, -0.1) is 5.10 Å². The molecule has 0 saturated heterocycles. The molecule has 2 bridgehead atoms. The lowest BCUT2D eigenvalue weighted by Crippen LogP contribution is -2.27. The molecule has 0 unspecified atom stereocenters. The summed E-state index contributed by atoms with van der Waals surface area (Å²) in [6.07, 6.45) is 8.59. The molecule has 11 nitrogen and oxygen atoms in total. The Kier molecular flexibility index (Phi) is 7.26. The molecule has 1 aromatic carbocycles. The van der Waals surface area contributed by atoms with Crippen LogP contribution in [0.3, 0.4) is 0 Å². The highest BCUT2D eigenvalue weighted by molar-refractivity contribution is 9.10. The van der Waals surface area contributed by atoms with Gasteiger partial charge in [0.2, 0.25) is 5.91 Å². The zero-order chi connectivity index (χ0) is 28.7. The minimum Gasteiger partial charge on any atom is -0.323 e. The number of amides is 1. The molecule has 5 heterocycles. The van der Waals surface area contributed by atoms with Crippen LogP contribution in [0.25, 0.3) is 28.2 Å². The van der Waals surface area contributed by atoms with Gasteiger partial charge < -0.3 is 5.32 Å². The SMILES string of the molecule is C[C@@H]1CCC[C@H](n2cnc(-c3cc(Cl)ccc3-n3cc(Br)nn3)cc2=O)c2cc(ccn2)-c2c(cnn2C)NC1=O. The fourth-order valence-electron chi connectivity index (χ4n) is 5.15. The molecule has 41 heavy (non-hydrogen) atoms. The van der Waals surface area contributed by atoms with E-state index in [2.05, 4.69) is 46.6 Å². The number of benzene rings is 1. The highest BCUT2D eigenvalue weighted by Gasteiger charge is 2.24. The average molecular weight is 635 g/mol. The summed E-state index contributed by atoms with van der Waals surface area (Å²) in [5.41, 5.74) is 4.50. The van der Waals surface area contributed by atoms with Crippen molar-refractivity contribution >= 4 is 39.1 Å². The molecular formula is C28H25BrClN9O2. The molecule has 2 atom stereocenters. The summed E-state index contributed by atoms with van der Waals surface area (Å²) in [6, 6.07) is 10.2. The van der Waals surface area contributed by atoms with Gasteiger partial charge in [0.1, 0.15) is 4.60 Å². The van der Waals surface area contributed by atoms with Gasteiger partial charge in [-0.05, 0) is 59.1 Å². The van der Waals surface area contributed by atoms with E-state index in [1.165, 1.54) is 6.07 Å². The van der Waals surface area contributed by atoms with Crippen molar-refractivity contribution in [3.63, 3.8) is 0 Å². The van der Waals surface area contributed by atoms with Gasteiger partial charge in [0.15, 0.2) is 0 Å². The minimum absolute atomic E-state index is 0.0643. The van der Waals surface area contributed by atoms with Crippen LogP contribution in [0, 0.1) is 5.92 Å². The van der Waals surface area contributed by atoms with Crippen LogP contribution < -0.4 is 10.9 Å². The van der Waals surface area contributed by atoms with Gasteiger partial charge in [-0.1, -0.05) is 30.2 Å². The number of nitrogens with one attached hydrogen (secondary N) is 1. The Balaban J connectivity index is 1.44. The third-order valence-corrected chi connectivity index (χ3v) is 7.87. The highest BCUT2D eigenvalue weighted by atomic mass is 79.9. The number of aryl methyl sites for hydroxylation is 1. The maximum atomic E-state index is 13.7. The maximum Gasteiger partial charge on any atom is 0.254 e. The van der Waals surface area contributed by atoms with E-state index in [9.17, 15) is 9.59 Å². The number of hydrogen-bond acceptors (Lipinski definition) is 7. The van der Waals surface area contributed by atoms with Crippen molar-refractivity contribution in [1.82, 2.24) is 39.3 Å². The summed E-state index contributed by atoms with van der Waals surface area (Å²) < 4.78 is 5.49. The van der Waals surface area contributed by atoms with E-state index in [0.29, 0.717) is 51.5 Å². The molecule has 208 valence electrons. The van der Waals surface area contributed by atoms with E-state index in [0.717, 1.165) is 17.0 Å². The van der Waals surface area contributed by atoms with E-state index in [-0.39, 0.29) is 23.4 Å². The van der Waals surface area contributed by atoms with Crippen molar-refractivity contribution in [2.24, 2.45) is 13.0 Å². The standard InChI is InChI=1S/C28H25BrClN9O2/c1-16-4-3-5-24(21-10-17(8-9-31-21)27-22(34-28(16)41)13-33-37(27)2)38-15-32-20(12-26(38)40)19-11-18(30)6-7-23(19)39-14-25(29)35-36-39/h6-16,24H,3-5H2,1-2H3,(H,34,41)/t16-,24+/m1/s1. The average Bonchev–Trinajstić information content (AvgIpc) is 3.55. The third-order valence-electron chi connectivity index (χ3n) is 7.27. The number of anilines is 1. The Hall–Kier alpha value is -4.16. The molecular weight excluding hydrogens is 610 g/mol.